The van der Waals surface area contributed by atoms with E-state index in [1.54, 1.807) is 0 Å². The number of rotatable bonds is 9. The second-order valence-electron chi connectivity index (χ2n) is 4.99. The van der Waals surface area contributed by atoms with Gasteiger partial charge < -0.3 is 15.6 Å². The summed E-state index contributed by atoms with van der Waals surface area (Å²) in [5.74, 6) is -1.39. The first kappa shape index (κ1) is 17.0. The first-order chi connectivity index (χ1) is 9.47. The largest absolute Gasteiger partial charge is 0.544 e. The molecule has 114 valence electrons. The lowest BCUT2D eigenvalue weighted by atomic mass is 10.2. The average molecular weight is 302 g/mol. The summed E-state index contributed by atoms with van der Waals surface area (Å²) in [6, 6.07) is -0.860. The van der Waals surface area contributed by atoms with E-state index >= 15 is 0 Å². The first-order valence-electron chi connectivity index (χ1n) is 6.97. The van der Waals surface area contributed by atoms with E-state index in [2.05, 4.69) is 12.7 Å². The van der Waals surface area contributed by atoms with Crippen molar-refractivity contribution in [1.82, 2.24) is 4.90 Å². The number of likely N-dealkylation sites (tertiary alicyclic amines) is 1. The molecular weight excluding hydrogens is 280 g/mol. The second-order valence-corrected chi connectivity index (χ2v) is 6.22. The van der Waals surface area contributed by atoms with Gasteiger partial charge in [0.05, 0.1) is 17.0 Å². The maximum Gasteiger partial charge on any atom is 0.242 e. The number of unbranched alkanes of at least 4 members (excludes halogenated alkanes) is 3. The van der Waals surface area contributed by atoms with Crippen molar-refractivity contribution in [2.75, 3.05) is 12.3 Å². The molecule has 0 aromatic heterocycles. The van der Waals surface area contributed by atoms with Gasteiger partial charge in [0.1, 0.15) is 6.04 Å². The predicted octanol–water partition coefficient (Wildman–Crippen LogP) is -1.21. The van der Waals surface area contributed by atoms with E-state index < -0.39 is 17.3 Å². The molecule has 0 radical (unpaired) electrons. The molecular formula is C13H22N2O4S. The number of hydrogen-bond acceptors (Lipinski definition) is 5. The van der Waals surface area contributed by atoms with Crippen molar-refractivity contribution >= 4 is 29.5 Å². The van der Waals surface area contributed by atoms with Crippen LogP contribution < -0.4 is 10.8 Å². The zero-order valence-electron chi connectivity index (χ0n) is 11.8. The zero-order valence-corrected chi connectivity index (χ0v) is 12.6. The lowest BCUT2D eigenvalue weighted by Gasteiger charge is -2.15. The Bertz CT molecular complexity index is 375. The third kappa shape index (κ3) is 4.79. The Morgan fingerprint density at radius 2 is 2.15 bits per heavy atom. The highest BCUT2D eigenvalue weighted by Crippen LogP contribution is 2.25. The van der Waals surface area contributed by atoms with Gasteiger partial charge in [-0.05, 0) is 6.42 Å². The Kier molecular flexibility index (Phi) is 7.01. The number of carboxylic acid groups (broad SMARTS) is 1. The third-order valence-electron chi connectivity index (χ3n) is 3.27. The van der Waals surface area contributed by atoms with Gasteiger partial charge in [-0.2, -0.15) is 0 Å². The quantitative estimate of drug-likeness (QED) is 0.425. The van der Waals surface area contributed by atoms with Gasteiger partial charge >= 0.3 is 0 Å². The molecule has 0 aromatic carbocycles. The van der Waals surface area contributed by atoms with Crippen LogP contribution in [-0.2, 0) is 14.4 Å². The number of carbonyl (C=O) groups is 3. The van der Waals surface area contributed by atoms with Gasteiger partial charge in [-0.15, -0.1) is 11.8 Å². The normalized spacial score (nSPS) is 20.5. The maximum absolute atomic E-state index is 12.1. The minimum absolute atomic E-state index is 0.155. The van der Waals surface area contributed by atoms with Crippen LogP contribution in [0.3, 0.4) is 0 Å². The summed E-state index contributed by atoms with van der Waals surface area (Å²) in [5.41, 5.74) is 3.44. The Hall–Kier alpha value is -1.08. The van der Waals surface area contributed by atoms with Crippen LogP contribution in [-0.4, -0.2) is 46.3 Å². The molecule has 20 heavy (non-hydrogen) atoms. The number of aliphatic carboxylic acids is 1. The monoisotopic (exact) mass is 302 g/mol. The van der Waals surface area contributed by atoms with Crippen LogP contribution in [0.4, 0.5) is 0 Å². The molecule has 0 aromatic rings. The van der Waals surface area contributed by atoms with Gasteiger partial charge in [0.15, 0.2) is 0 Å². The molecule has 3 N–H and O–H groups in total. The number of imide groups is 1. The maximum atomic E-state index is 12.1. The summed E-state index contributed by atoms with van der Waals surface area (Å²) in [7, 11) is 0. The lowest BCUT2D eigenvalue weighted by molar-refractivity contribution is -0.431. The Morgan fingerprint density at radius 3 is 2.75 bits per heavy atom. The van der Waals surface area contributed by atoms with E-state index in [-0.39, 0.29) is 24.0 Å². The van der Waals surface area contributed by atoms with Gasteiger partial charge in [0, 0.05) is 13.0 Å². The molecule has 1 saturated heterocycles. The van der Waals surface area contributed by atoms with Crippen LogP contribution >= 0.6 is 11.8 Å². The van der Waals surface area contributed by atoms with E-state index in [0.717, 1.165) is 25.7 Å². The summed E-state index contributed by atoms with van der Waals surface area (Å²) in [4.78, 5) is 35.7. The molecule has 0 saturated carbocycles. The molecule has 1 rings (SSSR count). The molecule has 1 aliphatic rings. The molecule has 0 spiro atoms. The smallest absolute Gasteiger partial charge is 0.242 e. The Balaban J connectivity index is 2.39. The van der Waals surface area contributed by atoms with E-state index in [1.165, 1.54) is 16.7 Å². The van der Waals surface area contributed by atoms with Crippen LogP contribution in [0.25, 0.3) is 0 Å². The summed E-state index contributed by atoms with van der Waals surface area (Å²) >= 11 is 1.18. The summed E-state index contributed by atoms with van der Waals surface area (Å²) in [6.45, 7) is 2.58. The molecule has 0 aliphatic carbocycles. The van der Waals surface area contributed by atoms with Gasteiger partial charge in [-0.25, -0.2) is 0 Å². The topological polar surface area (TPSA) is 105 Å². The van der Waals surface area contributed by atoms with E-state index in [9.17, 15) is 19.5 Å². The van der Waals surface area contributed by atoms with Gasteiger partial charge in [0.25, 0.3) is 0 Å². The summed E-state index contributed by atoms with van der Waals surface area (Å²) < 4.78 is 0. The summed E-state index contributed by atoms with van der Waals surface area (Å²) in [6.07, 6.45) is 4.21. The number of carbonyl (C=O) groups excluding carboxylic acids is 3. The number of amides is 2. The number of carboxylic acids is 1. The highest BCUT2D eigenvalue weighted by molar-refractivity contribution is 8.00. The van der Waals surface area contributed by atoms with Crippen LogP contribution in [0, 0.1) is 0 Å². The van der Waals surface area contributed by atoms with Crippen molar-refractivity contribution in [3.05, 3.63) is 0 Å². The lowest BCUT2D eigenvalue weighted by Crippen LogP contribution is -2.69. The van der Waals surface area contributed by atoms with Gasteiger partial charge in [-0.3, -0.25) is 14.5 Å². The van der Waals surface area contributed by atoms with E-state index in [0.29, 0.717) is 6.54 Å². The van der Waals surface area contributed by atoms with Crippen molar-refractivity contribution in [2.24, 2.45) is 0 Å². The third-order valence-corrected chi connectivity index (χ3v) is 4.64. The van der Waals surface area contributed by atoms with Crippen molar-refractivity contribution in [1.29, 1.82) is 0 Å². The van der Waals surface area contributed by atoms with Crippen molar-refractivity contribution < 1.29 is 25.2 Å². The molecule has 1 heterocycles. The Morgan fingerprint density at radius 1 is 1.45 bits per heavy atom. The predicted molar refractivity (Wildman–Crippen MR) is 73.4 cm³/mol. The fourth-order valence-corrected chi connectivity index (χ4v) is 3.15. The molecule has 2 atom stereocenters. The Labute approximate surface area is 123 Å². The van der Waals surface area contributed by atoms with Crippen LogP contribution in [0.2, 0.25) is 0 Å². The molecule has 7 heteroatoms. The standard InChI is InChI=1S/C13H22N2O4S/c1-2-3-4-5-6-15-11(16)7-10(12(15)17)20-8-9(14)13(18)19/h9-10H,2-8,14H2,1H3,(H,18,19)/t9-,10-/m0/s1. The number of nitrogens with zero attached hydrogens (tertiary/aromatic N) is 1. The highest BCUT2D eigenvalue weighted by Gasteiger charge is 2.38. The second kappa shape index (κ2) is 8.26. The van der Waals surface area contributed by atoms with Crippen LogP contribution in [0.15, 0.2) is 0 Å². The number of quaternary nitrogens is 1. The van der Waals surface area contributed by atoms with Crippen molar-refractivity contribution in [2.45, 2.75) is 50.3 Å². The molecule has 0 bridgehead atoms. The summed E-state index contributed by atoms with van der Waals surface area (Å²) in [5, 5.41) is 10.1. The minimum atomic E-state index is -1.23. The molecule has 2 amide bonds. The van der Waals surface area contributed by atoms with Gasteiger partial charge in [-0.1, -0.05) is 26.2 Å². The molecule has 0 unspecified atom stereocenters. The van der Waals surface area contributed by atoms with Crippen LogP contribution in [0.1, 0.15) is 39.0 Å². The van der Waals surface area contributed by atoms with E-state index in [1.807, 2.05) is 0 Å². The fourth-order valence-electron chi connectivity index (χ4n) is 2.01. The first-order valence-corrected chi connectivity index (χ1v) is 8.02. The van der Waals surface area contributed by atoms with E-state index in [4.69, 9.17) is 0 Å². The van der Waals surface area contributed by atoms with Crippen molar-refractivity contribution in [3.8, 4) is 0 Å². The molecule has 1 aliphatic heterocycles. The molecule has 6 nitrogen and oxygen atoms in total. The van der Waals surface area contributed by atoms with Crippen molar-refractivity contribution in [3.63, 3.8) is 0 Å². The highest BCUT2D eigenvalue weighted by atomic mass is 32.2. The average Bonchev–Trinajstić information content (AvgIpc) is 2.67. The van der Waals surface area contributed by atoms with Gasteiger partial charge in [0.2, 0.25) is 11.8 Å². The SMILES string of the molecule is CCCCCCN1C(=O)C[C@H](SC[C@H]([NH3+])C(=O)[O-])C1=O. The molecule has 1 fully saturated rings. The number of hydrogen-bond donors (Lipinski definition) is 1. The minimum Gasteiger partial charge on any atom is -0.544 e. The number of thioether (sulfide) groups is 1. The van der Waals surface area contributed by atoms with Crippen LogP contribution in [0.5, 0.6) is 0 Å². The zero-order chi connectivity index (χ0) is 15.1. The fraction of sp³-hybridized carbons (Fsp3) is 0.769.